The fourth-order valence-corrected chi connectivity index (χ4v) is 2.88. The summed E-state index contributed by atoms with van der Waals surface area (Å²) in [6, 6.07) is 4.81. The number of likely N-dealkylation sites (N-methyl/N-ethyl adjacent to an activating group) is 1. The van der Waals surface area contributed by atoms with E-state index >= 15 is 0 Å². The molecule has 0 bridgehead atoms. The molecular weight excluding hydrogens is 324 g/mol. The van der Waals surface area contributed by atoms with Crippen LogP contribution in [0.5, 0.6) is 0 Å². The van der Waals surface area contributed by atoms with Crippen molar-refractivity contribution in [2.45, 2.75) is 25.4 Å². The Hall–Kier alpha value is -1.69. The molecule has 6 heteroatoms. The predicted octanol–water partition coefficient (Wildman–Crippen LogP) is 1.50. The first-order valence-corrected chi connectivity index (χ1v) is 7.13. The van der Waals surface area contributed by atoms with E-state index < -0.39 is 6.04 Å². The molecule has 1 aliphatic rings. The van der Waals surface area contributed by atoms with Crippen LogP contribution in [0.25, 0.3) is 0 Å². The van der Waals surface area contributed by atoms with Gasteiger partial charge in [0.15, 0.2) is 0 Å². The van der Waals surface area contributed by atoms with Crippen LogP contribution in [0.15, 0.2) is 22.7 Å². The number of hydrogen-bond donors (Lipinski definition) is 1. The maximum absolute atomic E-state index is 12.4. The van der Waals surface area contributed by atoms with Crippen LogP contribution in [0.1, 0.15) is 28.8 Å². The van der Waals surface area contributed by atoms with Gasteiger partial charge in [-0.3, -0.25) is 9.59 Å². The fraction of sp³-hybridized carbons (Fsp3) is 0.357. The molecule has 0 spiro atoms. The Labute approximate surface area is 125 Å². The highest BCUT2D eigenvalue weighted by Crippen LogP contribution is 2.31. The lowest BCUT2D eigenvalue weighted by atomic mass is 10.1. The van der Waals surface area contributed by atoms with Crippen molar-refractivity contribution in [3.8, 4) is 0 Å². The lowest BCUT2D eigenvalue weighted by molar-refractivity contribution is -0.125. The van der Waals surface area contributed by atoms with Gasteiger partial charge in [0.25, 0.3) is 5.91 Å². The number of aldehydes is 1. The molecule has 1 N–H and O–H groups in total. The van der Waals surface area contributed by atoms with E-state index in [1.54, 1.807) is 12.1 Å². The van der Waals surface area contributed by atoms with Crippen molar-refractivity contribution < 1.29 is 14.4 Å². The number of nitrogens with one attached hydrogen (secondary N) is 1. The summed E-state index contributed by atoms with van der Waals surface area (Å²) in [4.78, 5) is 36.4. The topological polar surface area (TPSA) is 66.5 Å². The van der Waals surface area contributed by atoms with Crippen molar-refractivity contribution in [2.75, 3.05) is 7.05 Å². The second-order valence-electron chi connectivity index (χ2n) is 4.57. The molecule has 1 aromatic rings. The molecule has 0 aliphatic carbocycles. The van der Waals surface area contributed by atoms with Crippen LogP contribution < -0.4 is 5.32 Å². The highest BCUT2D eigenvalue weighted by atomic mass is 79.9. The summed E-state index contributed by atoms with van der Waals surface area (Å²) in [5.41, 5.74) is 1.50. The average Bonchev–Trinajstić information content (AvgIpc) is 2.78. The zero-order chi connectivity index (χ0) is 14.7. The molecule has 106 valence electrons. The van der Waals surface area contributed by atoms with Crippen LogP contribution >= 0.6 is 15.9 Å². The predicted molar refractivity (Wildman–Crippen MR) is 77.2 cm³/mol. The van der Waals surface area contributed by atoms with Crippen LogP contribution in [0, 0.1) is 0 Å². The molecule has 20 heavy (non-hydrogen) atoms. The van der Waals surface area contributed by atoms with E-state index in [9.17, 15) is 14.4 Å². The zero-order valence-electron chi connectivity index (χ0n) is 11.1. The molecule has 0 saturated heterocycles. The van der Waals surface area contributed by atoms with Gasteiger partial charge < -0.3 is 15.0 Å². The summed E-state index contributed by atoms with van der Waals surface area (Å²) in [5.74, 6) is -0.412. The zero-order valence-corrected chi connectivity index (χ0v) is 12.6. The molecule has 1 aromatic carbocycles. The fourth-order valence-electron chi connectivity index (χ4n) is 2.39. The number of halogens is 1. The minimum absolute atomic E-state index is 0.166. The van der Waals surface area contributed by atoms with Gasteiger partial charge in [0, 0.05) is 30.0 Å². The van der Waals surface area contributed by atoms with E-state index in [1.165, 1.54) is 11.9 Å². The Balaban J connectivity index is 2.29. The number of nitrogens with zero attached hydrogens (tertiary/aromatic N) is 1. The summed E-state index contributed by atoms with van der Waals surface area (Å²) in [6.07, 6.45) is 1.35. The molecule has 2 rings (SSSR count). The normalized spacial score (nSPS) is 14.9. The van der Waals surface area contributed by atoms with Crippen molar-refractivity contribution in [3.63, 3.8) is 0 Å². The Morgan fingerprint density at radius 1 is 1.55 bits per heavy atom. The molecule has 1 atom stereocenters. The second-order valence-corrected chi connectivity index (χ2v) is 5.43. The van der Waals surface area contributed by atoms with Crippen molar-refractivity contribution in [1.29, 1.82) is 0 Å². The van der Waals surface area contributed by atoms with Gasteiger partial charge in [-0.1, -0.05) is 22.0 Å². The molecule has 5 nitrogen and oxygen atoms in total. The minimum Gasteiger partial charge on any atom is -0.357 e. The van der Waals surface area contributed by atoms with Gasteiger partial charge in [-0.15, -0.1) is 0 Å². The van der Waals surface area contributed by atoms with Crippen LogP contribution in [-0.4, -0.2) is 36.1 Å². The highest BCUT2D eigenvalue weighted by Gasteiger charge is 2.36. The number of amides is 2. The molecule has 2 amide bonds. The van der Waals surface area contributed by atoms with Gasteiger partial charge in [-0.2, -0.15) is 0 Å². The SMILES string of the molecule is CNC(=O)C(CCC=O)N1Cc2c(Br)cccc2C1=O. The Morgan fingerprint density at radius 3 is 2.90 bits per heavy atom. The Bertz CT molecular complexity index is 559. The summed E-state index contributed by atoms with van der Waals surface area (Å²) >= 11 is 3.42. The highest BCUT2D eigenvalue weighted by molar-refractivity contribution is 9.10. The van der Waals surface area contributed by atoms with E-state index in [2.05, 4.69) is 21.2 Å². The molecule has 0 saturated carbocycles. The van der Waals surface area contributed by atoms with E-state index in [0.717, 1.165) is 16.3 Å². The minimum atomic E-state index is -0.614. The third-order valence-corrected chi connectivity index (χ3v) is 4.16. The van der Waals surface area contributed by atoms with E-state index in [1.807, 2.05) is 6.07 Å². The number of carbonyl (C=O) groups is 3. The van der Waals surface area contributed by atoms with Crippen molar-refractivity contribution in [1.82, 2.24) is 10.2 Å². The van der Waals surface area contributed by atoms with E-state index in [-0.39, 0.29) is 18.2 Å². The van der Waals surface area contributed by atoms with Gasteiger partial charge in [-0.25, -0.2) is 0 Å². The molecule has 1 heterocycles. The monoisotopic (exact) mass is 338 g/mol. The summed E-state index contributed by atoms with van der Waals surface area (Å²) in [5, 5.41) is 2.55. The summed E-state index contributed by atoms with van der Waals surface area (Å²) in [6.45, 7) is 0.381. The first-order valence-electron chi connectivity index (χ1n) is 6.33. The number of hydrogen-bond acceptors (Lipinski definition) is 3. The van der Waals surface area contributed by atoms with Gasteiger partial charge >= 0.3 is 0 Å². The average molecular weight is 339 g/mol. The smallest absolute Gasteiger partial charge is 0.255 e. The van der Waals surface area contributed by atoms with Gasteiger partial charge in [0.2, 0.25) is 5.91 Å². The maximum atomic E-state index is 12.4. The maximum Gasteiger partial charge on any atom is 0.255 e. The van der Waals surface area contributed by atoms with Crippen molar-refractivity contribution in [3.05, 3.63) is 33.8 Å². The lowest BCUT2D eigenvalue weighted by Crippen LogP contribution is -2.46. The quantitative estimate of drug-likeness (QED) is 0.827. The number of fused-ring (bicyclic) bond motifs is 1. The number of benzene rings is 1. The summed E-state index contributed by atoms with van der Waals surface area (Å²) < 4.78 is 0.858. The van der Waals surface area contributed by atoms with Crippen LogP contribution in [0.2, 0.25) is 0 Å². The first-order chi connectivity index (χ1) is 9.60. The number of carbonyl (C=O) groups excluding carboxylic acids is 3. The third kappa shape index (κ3) is 2.60. The third-order valence-electron chi connectivity index (χ3n) is 3.42. The van der Waals surface area contributed by atoms with Crippen LogP contribution in [0.3, 0.4) is 0 Å². The van der Waals surface area contributed by atoms with Crippen molar-refractivity contribution >= 4 is 34.0 Å². The molecular formula is C14H15BrN2O3. The second kappa shape index (κ2) is 6.17. The molecule has 1 unspecified atom stereocenters. The summed E-state index contributed by atoms with van der Waals surface area (Å²) in [7, 11) is 1.53. The van der Waals surface area contributed by atoms with Gasteiger partial charge in [0.1, 0.15) is 12.3 Å². The first kappa shape index (κ1) is 14.7. The molecule has 1 aliphatic heterocycles. The van der Waals surface area contributed by atoms with E-state index in [4.69, 9.17) is 0 Å². The molecule has 0 aromatic heterocycles. The molecule has 0 radical (unpaired) electrons. The van der Waals surface area contributed by atoms with E-state index in [0.29, 0.717) is 18.5 Å². The largest absolute Gasteiger partial charge is 0.357 e. The van der Waals surface area contributed by atoms with Crippen molar-refractivity contribution in [2.24, 2.45) is 0 Å². The Kier molecular flexibility index (Phi) is 4.54. The van der Waals surface area contributed by atoms with Crippen LogP contribution in [-0.2, 0) is 16.1 Å². The molecule has 0 fully saturated rings. The van der Waals surface area contributed by atoms with Crippen LogP contribution in [0.4, 0.5) is 0 Å². The van der Waals surface area contributed by atoms with Gasteiger partial charge in [-0.05, 0) is 24.1 Å². The standard InChI is InChI=1S/C14H15BrN2O3/c1-16-13(19)12(6-3-7-18)17-8-10-9(14(17)20)4-2-5-11(10)15/h2,4-5,7,12H,3,6,8H2,1H3,(H,16,19). The van der Waals surface area contributed by atoms with Gasteiger partial charge in [0.05, 0.1) is 0 Å². The lowest BCUT2D eigenvalue weighted by Gasteiger charge is -2.25. The Morgan fingerprint density at radius 2 is 2.30 bits per heavy atom. The number of rotatable bonds is 5.